The lowest BCUT2D eigenvalue weighted by Gasteiger charge is -2.17. The predicted octanol–water partition coefficient (Wildman–Crippen LogP) is 4.63. The highest BCUT2D eigenvalue weighted by Gasteiger charge is 2.34. The first kappa shape index (κ1) is 45.5. The number of allylic oxidation sites excluding steroid dienone is 2. The number of fused-ring (bicyclic) bond motifs is 2. The molecule has 5 aromatic rings. The molecule has 66 heavy (non-hydrogen) atoms. The summed E-state index contributed by atoms with van der Waals surface area (Å²) in [5, 5.41) is 30.9. The van der Waals surface area contributed by atoms with Crippen molar-refractivity contribution in [1.29, 1.82) is 0 Å². The highest BCUT2D eigenvalue weighted by atomic mass is 32.2. The maximum atomic E-state index is 13.4. The van der Waals surface area contributed by atoms with E-state index < -0.39 is 76.8 Å². The average molecular weight is 934 g/mol. The van der Waals surface area contributed by atoms with Gasteiger partial charge in [-0.1, -0.05) is 30.3 Å². The number of aliphatic carboxylic acids is 2. The monoisotopic (exact) mass is 933 g/mol. The minimum atomic E-state index is -5.02. The molecule has 334 valence electrons. The van der Waals surface area contributed by atoms with Gasteiger partial charge in [-0.15, -0.1) is 0 Å². The zero-order valence-electron chi connectivity index (χ0n) is 33.4. The van der Waals surface area contributed by atoms with Crippen molar-refractivity contribution in [3.8, 4) is 0 Å². The summed E-state index contributed by atoms with van der Waals surface area (Å²) in [6.07, 6.45) is 1.48. The smallest absolute Gasteiger partial charge is 0.307 e. The van der Waals surface area contributed by atoms with E-state index in [1.165, 1.54) is 103 Å². The first-order chi connectivity index (χ1) is 31.2. The molecule has 0 aliphatic heterocycles. The molecular formula is C43H31N7O14S2. The van der Waals surface area contributed by atoms with Gasteiger partial charge < -0.3 is 20.8 Å². The lowest BCUT2D eigenvalue weighted by Crippen LogP contribution is -2.27. The van der Waals surface area contributed by atoms with Crippen LogP contribution in [-0.2, 0) is 42.7 Å². The average Bonchev–Trinajstić information content (AvgIpc) is 3.25. The van der Waals surface area contributed by atoms with Crippen LogP contribution in [0.4, 0.5) is 22.7 Å². The second-order valence-electron chi connectivity index (χ2n) is 14.2. The zero-order valence-corrected chi connectivity index (χ0v) is 35.0. The van der Waals surface area contributed by atoms with E-state index in [9.17, 15) is 54.7 Å². The number of nitrogens with one attached hydrogen (secondary N) is 4. The maximum Gasteiger partial charge on any atom is 0.307 e. The minimum absolute atomic E-state index is 0.00414. The van der Waals surface area contributed by atoms with Gasteiger partial charge in [0.2, 0.25) is 11.6 Å². The molecule has 1 heterocycles. The summed E-state index contributed by atoms with van der Waals surface area (Å²) in [6, 6.07) is 23.5. The molecular weight excluding hydrogens is 903 g/mol. The number of aromatic nitrogens is 1. The number of anilines is 4. The molecule has 2 amide bonds. The normalized spacial score (nSPS) is 14.6. The Labute approximate surface area is 372 Å². The molecule has 1 aromatic heterocycles. The summed E-state index contributed by atoms with van der Waals surface area (Å²) in [6.45, 7) is 0. The van der Waals surface area contributed by atoms with Crippen LogP contribution >= 0.6 is 0 Å². The largest absolute Gasteiger partial charge is 0.481 e. The van der Waals surface area contributed by atoms with Crippen molar-refractivity contribution in [1.82, 2.24) is 4.98 Å². The van der Waals surface area contributed by atoms with Crippen molar-refractivity contribution >= 4 is 102 Å². The van der Waals surface area contributed by atoms with E-state index in [0.29, 0.717) is 11.1 Å². The summed E-state index contributed by atoms with van der Waals surface area (Å²) in [7, 11) is -10.0. The summed E-state index contributed by atoms with van der Waals surface area (Å²) in [5.74, 6) is -5.53. The Balaban J connectivity index is 1.05. The minimum Gasteiger partial charge on any atom is -0.481 e. The Morgan fingerprint density at radius 1 is 0.530 bits per heavy atom. The van der Waals surface area contributed by atoms with Crippen LogP contribution < -0.4 is 21.5 Å². The molecule has 0 unspecified atom stereocenters. The van der Waals surface area contributed by atoms with Crippen LogP contribution in [0.5, 0.6) is 0 Å². The Kier molecular flexibility index (Phi) is 12.6. The number of carboxylic acid groups (broad SMARTS) is 2. The number of carbonyl (C=O) groups excluding carboxylic acids is 4. The third-order valence-corrected chi connectivity index (χ3v) is 11.3. The van der Waals surface area contributed by atoms with E-state index in [-0.39, 0.29) is 69.2 Å². The van der Waals surface area contributed by atoms with Crippen molar-refractivity contribution in [3.05, 3.63) is 158 Å². The molecule has 0 radical (unpaired) electrons. The molecule has 0 saturated carbocycles. The van der Waals surface area contributed by atoms with Crippen LogP contribution in [0, 0.1) is 0 Å². The van der Waals surface area contributed by atoms with Gasteiger partial charge in [0.15, 0.2) is 11.4 Å². The van der Waals surface area contributed by atoms with Crippen molar-refractivity contribution in [2.45, 2.75) is 12.8 Å². The number of carbonyl (C=O) groups is 6. The van der Waals surface area contributed by atoms with E-state index in [1.807, 2.05) is 0 Å². The van der Waals surface area contributed by atoms with Gasteiger partial charge in [-0.25, -0.2) is 4.98 Å². The number of hydrogen-bond donors (Lipinski definition) is 8. The molecule has 0 spiro atoms. The molecule has 0 bridgehead atoms. The number of carboxylic acids is 2. The van der Waals surface area contributed by atoms with Crippen LogP contribution in [0.15, 0.2) is 123 Å². The molecule has 4 aromatic carbocycles. The van der Waals surface area contributed by atoms with E-state index in [1.54, 1.807) is 0 Å². The van der Waals surface area contributed by atoms with Crippen LogP contribution in [0.2, 0.25) is 0 Å². The SMILES string of the molecule is O=C(O)Cc1ccc(N/N=C2\C(=O)c3ccc(NC(=O)c4cccc(C(=O)Nc5ccc6c(c5)C=C(S(=O)(=O)O)/C(=N/Nc5ccc(CC(=O)O)cc5)C6=O)n4)cc3C=C2S(=O)(=O)O)cc1. The molecule has 0 fully saturated rings. The number of amides is 2. The van der Waals surface area contributed by atoms with Crippen molar-refractivity contribution in [2.24, 2.45) is 10.2 Å². The summed E-state index contributed by atoms with van der Waals surface area (Å²) >= 11 is 0. The van der Waals surface area contributed by atoms with Gasteiger partial charge in [-0.2, -0.15) is 27.0 Å². The molecule has 0 atom stereocenters. The second kappa shape index (κ2) is 18.3. The number of nitrogens with zero attached hydrogens (tertiary/aromatic N) is 3. The van der Waals surface area contributed by atoms with Gasteiger partial charge in [0.05, 0.1) is 24.2 Å². The number of benzene rings is 4. The quantitative estimate of drug-likeness (QED) is 0.0556. The molecule has 23 heteroatoms. The first-order valence-electron chi connectivity index (χ1n) is 18.9. The Morgan fingerprint density at radius 2 is 0.894 bits per heavy atom. The lowest BCUT2D eigenvalue weighted by molar-refractivity contribution is -0.137. The van der Waals surface area contributed by atoms with Crippen molar-refractivity contribution in [2.75, 3.05) is 21.5 Å². The van der Waals surface area contributed by atoms with Crippen LogP contribution in [0.25, 0.3) is 12.2 Å². The number of ketones is 2. The van der Waals surface area contributed by atoms with E-state index >= 15 is 0 Å². The molecule has 7 rings (SSSR count). The Hall–Kier alpha value is -8.51. The number of hydrazone groups is 2. The van der Waals surface area contributed by atoms with Crippen molar-refractivity contribution in [3.63, 3.8) is 0 Å². The molecule has 8 N–H and O–H groups in total. The van der Waals surface area contributed by atoms with E-state index in [0.717, 1.165) is 12.2 Å². The molecule has 2 aliphatic carbocycles. The molecule has 0 saturated heterocycles. The van der Waals surface area contributed by atoms with Gasteiger partial charge in [0.25, 0.3) is 32.1 Å². The van der Waals surface area contributed by atoms with E-state index in [4.69, 9.17) is 10.2 Å². The lowest BCUT2D eigenvalue weighted by atomic mass is 9.94. The number of pyridine rings is 1. The van der Waals surface area contributed by atoms with Crippen LogP contribution in [0.3, 0.4) is 0 Å². The Morgan fingerprint density at radius 3 is 1.24 bits per heavy atom. The second-order valence-corrected chi connectivity index (χ2v) is 17.0. The number of Topliss-reactive ketones (excluding diaryl/α,β-unsaturated/α-hetero) is 2. The topological polar surface area (TPSA) is 337 Å². The molecule has 2 aliphatic rings. The van der Waals surface area contributed by atoms with Crippen LogP contribution in [0.1, 0.15) is 63.9 Å². The standard InChI is InChI=1S/C43H31N7O14S2/c51-36(52)16-22-4-8-26(9-5-22)47-49-38-34(65(59,60)61)20-24-18-28(12-14-30(24)40(38)55)44-42(57)32-2-1-3-33(46-32)43(58)45-29-13-15-31-25(19-29)21-35(66(62,63)64)39(41(31)56)50-48-27-10-6-23(7-11-27)17-37(53)54/h1-15,18-21,47-48H,16-17H2,(H,44,57)(H,45,58)(H,51,52)(H,53,54)(H,59,60,61)(H,62,63,64)/b49-38-,50-39-. The maximum absolute atomic E-state index is 13.4. The van der Waals surface area contributed by atoms with Crippen molar-refractivity contribution < 1.29 is 64.9 Å². The van der Waals surface area contributed by atoms with Gasteiger partial charge in [-0.3, -0.25) is 48.7 Å². The number of rotatable bonds is 14. The van der Waals surface area contributed by atoms with Gasteiger partial charge in [-0.05, 0) is 107 Å². The fraction of sp³-hybridized carbons (Fsp3) is 0.0465. The van der Waals surface area contributed by atoms with E-state index in [2.05, 4.69) is 36.7 Å². The summed E-state index contributed by atoms with van der Waals surface area (Å²) in [5.41, 5.74) is 4.80. The summed E-state index contributed by atoms with van der Waals surface area (Å²) in [4.78, 5) is 77.9. The highest BCUT2D eigenvalue weighted by Crippen LogP contribution is 2.30. The summed E-state index contributed by atoms with van der Waals surface area (Å²) < 4.78 is 69.5. The van der Waals surface area contributed by atoms with Crippen LogP contribution in [-0.4, -0.2) is 87.9 Å². The highest BCUT2D eigenvalue weighted by molar-refractivity contribution is 7.91. The van der Waals surface area contributed by atoms with Gasteiger partial charge in [0, 0.05) is 22.5 Å². The predicted molar refractivity (Wildman–Crippen MR) is 238 cm³/mol. The third kappa shape index (κ3) is 10.5. The molecule has 21 nitrogen and oxygen atoms in total. The fourth-order valence-electron chi connectivity index (χ4n) is 6.50. The van der Waals surface area contributed by atoms with Gasteiger partial charge in [0.1, 0.15) is 21.2 Å². The number of hydrogen-bond acceptors (Lipinski definition) is 15. The fourth-order valence-corrected chi connectivity index (χ4v) is 7.82. The zero-order chi connectivity index (χ0) is 47.5. The third-order valence-electron chi connectivity index (χ3n) is 9.56. The van der Waals surface area contributed by atoms with Gasteiger partial charge >= 0.3 is 11.9 Å². The first-order valence-corrected chi connectivity index (χ1v) is 21.8. The Bertz CT molecular complexity index is 3060.